The fourth-order valence-electron chi connectivity index (χ4n) is 2.59. The van der Waals surface area contributed by atoms with Crippen LogP contribution in [0.3, 0.4) is 0 Å². The molecule has 0 unspecified atom stereocenters. The van der Waals surface area contributed by atoms with E-state index in [2.05, 4.69) is 11.6 Å². The van der Waals surface area contributed by atoms with E-state index in [4.69, 9.17) is 5.11 Å². The quantitative estimate of drug-likeness (QED) is 0.709. The van der Waals surface area contributed by atoms with Gasteiger partial charge < -0.3 is 5.11 Å². The Balaban J connectivity index is 2.31. The summed E-state index contributed by atoms with van der Waals surface area (Å²) in [5, 5.41) is 8.72. The van der Waals surface area contributed by atoms with Crippen molar-refractivity contribution in [2.24, 2.45) is 11.8 Å². The first-order valence-electron chi connectivity index (χ1n) is 7.31. The second-order valence-electron chi connectivity index (χ2n) is 5.55. The molecule has 1 fully saturated rings. The fraction of sp³-hybridized carbons (Fsp3) is 1.00. The Morgan fingerprint density at radius 1 is 1.21 bits per heavy atom. The third-order valence-electron chi connectivity index (χ3n) is 4.14. The highest BCUT2D eigenvalue weighted by Crippen LogP contribution is 2.30. The lowest BCUT2D eigenvalue weighted by atomic mass is 9.81. The molecule has 0 aromatic carbocycles. The minimum absolute atomic E-state index is 0.0148. The molecule has 0 saturated heterocycles. The van der Waals surface area contributed by atoms with Gasteiger partial charge in [-0.15, -0.1) is 0 Å². The lowest BCUT2D eigenvalue weighted by Gasteiger charge is -2.28. The van der Waals surface area contributed by atoms with Crippen molar-refractivity contribution in [3.8, 4) is 0 Å². The Morgan fingerprint density at radius 2 is 1.79 bits per heavy atom. The van der Waals surface area contributed by atoms with Crippen LogP contribution in [-0.2, 0) is 10.2 Å². The molecule has 1 aliphatic rings. The SMILES string of the molecule is CCC1CCC(CNS(=O)(=O)N(C)CCCO)CC1. The molecule has 0 bridgehead atoms. The Kier molecular flexibility index (Phi) is 7.28. The van der Waals surface area contributed by atoms with Gasteiger partial charge in [0.15, 0.2) is 0 Å². The molecule has 0 amide bonds. The van der Waals surface area contributed by atoms with E-state index < -0.39 is 10.2 Å². The van der Waals surface area contributed by atoms with Crippen LogP contribution >= 0.6 is 0 Å². The van der Waals surface area contributed by atoms with Crippen LogP contribution in [0.1, 0.15) is 45.4 Å². The van der Waals surface area contributed by atoms with E-state index in [1.807, 2.05) is 0 Å². The van der Waals surface area contributed by atoms with Crippen LogP contribution in [0.25, 0.3) is 0 Å². The summed E-state index contributed by atoms with van der Waals surface area (Å²) in [7, 11) is -1.83. The molecule has 0 aromatic rings. The summed E-state index contributed by atoms with van der Waals surface area (Å²) in [6.45, 7) is 3.14. The van der Waals surface area contributed by atoms with Gasteiger partial charge in [-0.1, -0.05) is 26.2 Å². The number of aliphatic hydroxyl groups is 1. The summed E-state index contributed by atoms with van der Waals surface area (Å²) in [4.78, 5) is 0. The second-order valence-corrected chi connectivity index (χ2v) is 7.41. The monoisotopic (exact) mass is 292 g/mol. The van der Waals surface area contributed by atoms with E-state index >= 15 is 0 Å². The molecule has 2 N–H and O–H groups in total. The first kappa shape index (κ1) is 16.9. The summed E-state index contributed by atoms with van der Waals surface area (Å²) in [5.41, 5.74) is 0. The number of nitrogens with one attached hydrogen (secondary N) is 1. The van der Waals surface area contributed by atoms with Crippen molar-refractivity contribution in [3.05, 3.63) is 0 Å². The van der Waals surface area contributed by atoms with Crippen molar-refractivity contribution in [2.45, 2.75) is 45.4 Å². The van der Waals surface area contributed by atoms with Gasteiger partial charge in [-0.3, -0.25) is 0 Å². The van der Waals surface area contributed by atoms with Crippen LogP contribution < -0.4 is 4.72 Å². The molecule has 0 aromatic heterocycles. The summed E-state index contributed by atoms with van der Waals surface area (Å²) >= 11 is 0. The molecule has 0 aliphatic heterocycles. The predicted molar refractivity (Wildman–Crippen MR) is 77.0 cm³/mol. The van der Waals surface area contributed by atoms with Crippen LogP contribution in [0.5, 0.6) is 0 Å². The van der Waals surface area contributed by atoms with E-state index in [0.717, 1.165) is 18.8 Å². The van der Waals surface area contributed by atoms with Gasteiger partial charge in [0.05, 0.1) is 0 Å². The summed E-state index contributed by atoms with van der Waals surface area (Å²) < 4.78 is 27.8. The summed E-state index contributed by atoms with van der Waals surface area (Å²) in [5.74, 6) is 1.31. The first-order chi connectivity index (χ1) is 8.99. The molecular formula is C13H28N2O3S. The number of hydrogen-bond acceptors (Lipinski definition) is 3. The van der Waals surface area contributed by atoms with Gasteiger partial charge in [0.2, 0.25) is 0 Å². The highest BCUT2D eigenvalue weighted by Gasteiger charge is 2.23. The molecule has 114 valence electrons. The molecule has 1 aliphatic carbocycles. The lowest BCUT2D eigenvalue weighted by molar-refractivity contribution is 0.266. The lowest BCUT2D eigenvalue weighted by Crippen LogP contribution is -2.41. The van der Waals surface area contributed by atoms with Crippen molar-refractivity contribution >= 4 is 10.2 Å². The van der Waals surface area contributed by atoms with Crippen LogP contribution in [-0.4, -0.2) is 44.6 Å². The first-order valence-corrected chi connectivity index (χ1v) is 8.75. The number of rotatable bonds is 8. The molecule has 19 heavy (non-hydrogen) atoms. The van der Waals surface area contributed by atoms with E-state index in [1.165, 1.54) is 23.6 Å². The van der Waals surface area contributed by atoms with Crippen LogP contribution in [0, 0.1) is 11.8 Å². The number of nitrogens with zero attached hydrogens (tertiary/aromatic N) is 1. The van der Waals surface area contributed by atoms with E-state index in [9.17, 15) is 8.42 Å². The Hall–Kier alpha value is -0.170. The molecular weight excluding hydrogens is 264 g/mol. The highest BCUT2D eigenvalue weighted by molar-refractivity contribution is 7.87. The van der Waals surface area contributed by atoms with Crippen molar-refractivity contribution in [1.82, 2.24) is 9.03 Å². The van der Waals surface area contributed by atoms with Crippen molar-refractivity contribution in [3.63, 3.8) is 0 Å². The highest BCUT2D eigenvalue weighted by atomic mass is 32.2. The smallest absolute Gasteiger partial charge is 0.279 e. The van der Waals surface area contributed by atoms with Gasteiger partial charge in [-0.25, -0.2) is 4.72 Å². The number of hydrogen-bond donors (Lipinski definition) is 2. The van der Waals surface area contributed by atoms with Crippen LogP contribution in [0.15, 0.2) is 0 Å². The van der Waals surface area contributed by atoms with Gasteiger partial charge in [-0.2, -0.15) is 12.7 Å². The number of aliphatic hydroxyl groups excluding tert-OH is 1. The van der Waals surface area contributed by atoms with Gasteiger partial charge in [-0.05, 0) is 31.1 Å². The van der Waals surface area contributed by atoms with Crippen LogP contribution in [0.2, 0.25) is 0 Å². The third kappa shape index (κ3) is 5.77. The summed E-state index contributed by atoms with van der Waals surface area (Å²) in [6, 6.07) is 0. The van der Waals surface area contributed by atoms with Gasteiger partial charge in [0.1, 0.15) is 0 Å². The molecule has 6 heteroatoms. The molecule has 0 heterocycles. The minimum atomic E-state index is -3.38. The largest absolute Gasteiger partial charge is 0.396 e. The molecule has 5 nitrogen and oxygen atoms in total. The van der Waals surface area contributed by atoms with Gasteiger partial charge >= 0.3 is 0 Å². The van der Waals surface area contributed by atoms with Gasteiger partial charge in [0, 0.05) is 26.7 Å². The zero-order valence-electron chi connectivity index (χ0n) is 12.1. The standard InChI is InChI=1S/C13H28N2O3S/c1-3-12-5-7-13(8-6-12)11-14-19(17,18)15(2)9-4-10-16/h12-14,16H,3-11H2,1-2H3. The molecule has 0 spiro atoms. The second kappa shape index (κ2) is 8.19. The van der Waals surface area contributed by atoms with Crippen molar-refractivity contribution in [1.29, 1.82) is 0 Å². The van der Waals surface area contributed by atoms with Crippen LogP contribution in [0.4, 0.5) is 0 Å². The molecule has 1 saturated carbocycles. The van der Waals surface area contributed by atoms with Gasteiger partial charge in [0.25, 0.3) is 10.2 Å². The maximum Gasteiger partial charge on any atom is 0.279 e. The van der Waals surface area contributed by atoms with Crippen molar-refractivity contribution < 1.29 is 13.5 Å². The average Bonchev–Trinajstić information content (AvgIpc) is 2.43. The average molecular weight is 292 g/mol. The maximum absolute atomic E-state index is 11.9. The molecule has 0 atom stereocenters. The predicted octanol–water partition coefficient (Wildman–Crippen LogP) is 1.35. The minimum Gasteiger partial charge on any atom is -0.396 e. The fourth-order valence-corrected chi connectivity index (χ4v) is 3.63. The van der Waals surface area contributed by atoms with E-state index in [1.54, 1.807) is 7.05 Å². The zero-order chi connectivity index (χ0) is 14.3. The molecule has 1 rings (SSSR count). The third-order valence-corrected chi connectivity index (χ3v) is 5.67. The van der Waals surface area contributed by atoms with E-state index in [-0.39, 0.29) is 6.61 Å². The topological polar surface area (TPSA) is 69.6 Å². The normalized spacial score (nSPS) is 24.8. The Labute approximate surface area is 117 Å². The van der Waals surface area contributed by atoms with E-state index in [0.29, 0.717) is 25.4 Å². The Bertz CT molecular complexity index is 338. The maximum atomic E-state index is 11.9. The molecule has 0 radical (unpaired) electrons. The Morgan fingerprint density at radius 3 is 2.32 bits per heavy atom. The zero-order valence-corrected chi connectivity index (χ0v) is 13.0. The summed E-state index contributed by atoms with van der Waals surface area (Å²) in [6.07, 6.45) is 6.41. The van der Waals surface area contributed by atoms with Crippen molar-refractivity contribution in [2.75, 3.05) is 26.7 Å².